The van der Waals surface area contributed by atoms with E-state index in [4.69, 9.17) is 0 Å². The molecule has 90 valence electrons. The Morgan fingerprint density at radius 2 is 1.94 bits per heavy atom. The first-order valence-electron chi connectivity index (χ1n) is 5.55. The molecular formula is C12H16N4S. The standard InChI is InChI=1S/C12H16N4S/c1-7-5-13-9(3)11(14-7)16-10(4)12-15-8(2)6-17-12/h5-6,10H,1-4H3,(H,14,16). The van der Waals surface area contributed by atoms with Gasteiger partial charge >= 0.3 is 0 Å². The Hall–Kier alpha value is -1.49. The molecule has 2 aromatic heterocycles. The third-order valence-electron chi connectivity index (χ3n) is 2.44. The summed E-state index contributed by atoms with van der Waals surface area (Å²) >= 11 is 1.67. The molecule has 0 amide bonds. The van der Waals surface area contributed by atoms with E-state index in [0.717, 1.165) is 27.9 Å². The van der Waals surface area contributed by atoms with Crippen LogP contribution in [0.25, 0.3) is 0 Å². The molecule has 0 fully saturated rings. The van der Waals surface area contributed by atoms with E-state index in [2.05, 4.69) is 32.6 Å². The highest BCUT2D eigenvalue weighted by atomic mass is 32.1. The Morgan fingerprint density at radius 3 is 2.59 bits per heavy atom. The lowest BCUT2D eigenvalue weighted by Crippen LogP contribution is -2.10. The average molecular weight is 248 g/mol. The van der Waals surface area contributed by atoms with Gasteiger partial charge in [0.1, 0.15) is 10.8 Å². The van der Waals surface area contributed by atoms with E-state index in [9.17, 15) is 0 Å². The van der Waals surface area contributed by atoms with Gasteiger partial charge in [-0.15, -0.1) is 11.3 Å². The second-order valence-electron chi connectivity index (χ2n) is 4.14. The van der Waals surface area contributed by atoms with Gasteiger partial charge in [0, 0.05) is 17.3 Å². The summed E-state index contributed by atoms with van der Waals surface area (Å²) in [6.07, 6.45) is 1.78. The van der Waals surface area contributed by atoms with Gasteiger partial charge in [-0.25, -0.2) is 9.97 Å². The molecule has 0 spiro atoms. The van der Waals surface area contributed by atoms with Crippen molar-refractivity contribution in [2.45, 2.75) is 33.7 Å². The molecule has 0 aliphatic heterocycles. The summed E-state index contributed by atoms with van der Waals surface area (Å²) in [6.45, 7) is 7.98. The number of nitrogens with one attached hydrogen (secondary N) is 1. The van der Waals surface area contributed by atoms with Crippen LogP contribution in [0.5, 0.6) is 0 Å². The van der Waals surface area contributed by atoms with Crippen LogP contribution in [0.1, 0.15) is 35.1 Å². The first-order valence-corrected chi connectivity index (χ1v) is 6.43. The predicted molar refractivity (Wildman–Crippen MR) is 70.4 cm³/mol. The molecule has 1 N–H and O–H groups in total. The molecule has 0 saturated heterocycles. The smallest absolute Gasteiger partial charge is 0.148 e. The van der Waals surface area contributed by atoms with Gasteiger partial charge in [-0.1, -0.05) is 0 Å². The molecule has 1 atom stereocenters. The van der Waals surface area contributed by atoms with Gasteiger partial charge in [-0.3, -0.25) is 4.98 Å². The Balaban J connectivity index is 2.18. The number of rotatable bonds is 3. The van der Waals surface area contributed by atoms with E-state index in [0.29, 0.717) is 0 Å². The normalized spacial score (nSPS) is 12.5. The Kier molecular flexibility index (Phi) is 3.38. The van der Waals surface area contributed by atoms with E-state index < -0.39 is 0 Å². The van der Waals surface area contributed by atoms with Crippen molar-refractivity contribution < 1.29 is 0 Å². The third-order valence-corrected chi connectivity index (χ3v) is 3.58. The van der Waals surface area contributed by atoms with E-state index in [1.807, 2.05) is 20.8 Å². The fourth-order valence-corrected chi connectivity index (χ4v) is 2.32. The molecule has 1 unspecified atom stereocenters. The summed E-state index contributed by atoms with van der Waals surface area (Å²) in [5.41, 5.74) is 2.89. The highest BCUT2D eigenvalue weighted by molar-refractivity contribution is 7.09. The first-order chi connectivity index (χ1) is 8.06. The number of thiazole rings is 1. The van der Waals surface area contributed by atoms with Gasteiger partial charge < -0.3 is 5.32 Å². The first kappa shape index (κ1) is 12.0. The number of hydrogen-bond donors (Lipinski definition) is 1. The summed E-state index contributed by atoms with van der Waals surface area (Å²) < 4.78 is 0. The summed E-state index contributed by atoms with van der Waals surface area (Å²) in [4.78, 5) is 13.2. The molecule has 0 aliphatic carbocycles. The fraction of sp³-hybridized carbons (Fsp3) is 0.417. The van der Waals surface area contributed by atoms with Crippen molar-refractivity contribution in [1.29, 1.82) is 0 Å². The second kappa shape index (κ2) is 4.79. The van der Waals surface area contributed by atoms with E-state index >= 15 is 0 Å². The van der Waals surface area contributed by atoms with Gasteiger partial charge in [0.05, 0.1) is 17.4 Å². The highest BCUT2D eigenvalue weighted by Crippen LogP contribution is 2.22. The van der Waals surface area contributed by atoms with Crippen LogP contribution in [0, 0.1) is 20.8 Å². The number of hydrogen-bond acceptors (Lipinski definition) is 5. The number of nitrogens with zero attached hydrogens (tertiary/aromatic N) is 3. The zero-order chi connectivity index (χ0) is 12.4. The molecule has 0 bridgehead atoms. The van der Waals surface area contributed by atoms with Crippen molar-refractivity contribution >= 4 is 17.2 Å². The maximum Gasteiger partial charge on any atom is 0.148 e. The van der Waals surface area contributed by atoms with E-state index in [1.165, 1.54) is 0 Å². The zero-order valence-corrected chi connectivity index (χ0v) is 11.3. The second-order valence-corrected chi connectivity index (χ2v) is 5.03. The van der Waals surface area contributed by atoms with Gasteiger partial charge in [-0.05, 0) is 27.7 Å². The van der Waals surface area contributed by atoms with Crippen LogP contribution >= 0.6 is 11.3 Å². The minimum Gasteiger partial charge on any atom is -0.360 e. The molecule has 5 heteroatoms. The molecule has 4 nitrogen and oxygen atoms in total. The largest absolute Gasteiger partial charge is 0.360 e. The van der Waals surface area contributed by atoms with Crippen molar-refractivity contribution in [3.8, 4) is 0 Å². The lowest BCUT2D eigenvalue weighted by Gasteiger charge is -2.13. The molecule has 17 heavy (non-hydrogen) atoms. The summed E-state index contributed by atoms with van der Waals surface area (Å²) in [5.74, 6) is 0.838. The lowest BCUT2D eigenvalue weighted by atomic mass is 10.3. The van der Waals surface area contributed by atoms with Crippen molar-refractivity contribution in [2.75, 3.05) is 5.32 Å². The third kappa shape index (κ3) is 2.79. The lowest BCUT2D eigenvalue weighted by molar-refractivity contribution is 0.845. The quantitative estimate of drug-likeness (QED) is 0.907. The van der Waals surface area contributed by atoms with Crippen LogP contribution in [-0.2, 0) is 0 Å². The minimum atomic E-state index is 0.156. The van der Waals surface area contributed by atoms with Crippen molar-refractivity contribution in [3.63, 3.8) is 0 Å². The Morgan fingerprint density at radius 1 is 1.18 bits per heavy atom. The molecule has 0 radical (unpaired) electrons. The fourth-order valence-electron chi connectivity index (χ4n) is 1.51. The van der Waals surface area contributed by atoms with E-state index in [-0.39, 0.29) is 6.04 Å². The molecule has 2 rings (SSSR count). The van der Waals surface area contributed by atoms with Crippen LogP contribution < -0.4 is 5.32 Å². The highest BCUT2D eigenvalue weighted by Gasteiger charge is 2.11. The number of aromatic nitrogens is 3. The number of anilines is 1. The maximum atomic E-state index is 4.47. The van der Waals surface area contributed by atoms with Gasteiger partial charge in [0.15, 0.2) is 0 Å². The van der Waals surface area contributed by atoms with Crippen molar-refractivity contribution in [2.24, 2.45) is 0 Å². The topological polar surface area (TPSA) is 50.7 Å². The average Bonchev–Trinajstić information content (AvgIpc) is 2.70. The zero-order valence-electron chi connectivity index (χ0n) is 10.5. The monoisotopic (exact) mass is 248 g/mol. The van der Waals surface area contributed by atoms with Crippen molar-refractivity contribution in [1.82, 2.24) is 15.0 Å². The summed E-state index contributed by atoms with van der Waals surface area (Å²) in [7, 11) is 0. The summed E-state index contributed by atoms with van der Waals surface area (Å²) in [6, 6.07) is 0.156. The Labute approximate surface area is 105 Å². The van der Waals surface area contributed by atoms with Crippen molar-refractivity contribution in [3.05, 3.63) is 33.7 Å². The molecule has 0 saturated carbocycles. The van der Waals surface area contributed by atoms with Gasteiger partial charge in [0.25, 0.3) is 0 Å². The molecular weight excluding hydrogens is 232 g/mol. The SMILES string of the molecule is Cc1csc(C(C)Nc2nc(C)cnc2C)n1. The van der Waals surface area contributed by atoms with Gasteiger partial charge in [-0.2, -0.15) is 0 Å². The Bertz CT molecular complexity index is 521. The van der Waals surface area contributed by atoms with Gasteiger partial charge in [0.2, 0.25) is 0 Å². The predicted octanol–water partition coefficient (Wildman–Crippen LogP) is 3.03. The number of aryl methyl sites for hydroxylation is 3. The maximum absolute atomic E-state index is 4.47. The van der Waals surface area contributed by atoms with Crippen LogP contribution in [0.15, 0.2) is 11.6 Å². The van der Waals surface area contributed by atoms with E-state index in [1.54, 1.807) is 17.5 Å². The van der Waals surface area contributed by atoms with Crippen LogP contribution in [0.2, 0.25) is 0 Å². The molecule has 0 aliphatic rings. The molecule has 2 heterocycles. The van der Waals surface area contributed by atoms with Crippen LogP contribution in [0.3, 0.4) is 0 Å². The van der Waals surface area contributed by atoms with Crippen LogP contribution in [-0.4, -0.2) is 15.0 Å². The minimum absolute atomic E-state index is 0.156. The van der Waals surface area contributed by atoms with Crippen LogP contribution in [0.4, 0.5) is 5.82 Å². The molecule has 0 aromatic carbocycles. The summed E-state index contributed by atoms with van der Waals surface area (Å²) in [5, 5.41) is 6.49. The molecule has 2 aromatic rings.